The van der Waals surface area contributed by atoms with E-state index in [0.717, 1.165) is 0 Å². The SMILES string of the molecule is CCC(=O)NC1(C(=O)NCc2ccc(OCC(F)F)c(OC)c2)C=NC=CN1. The van der Waals surface area contributed by atoms with Crippen LogP contribution >= 0.6 is 0 Å². The van der Waals surface area contributed by atoms with Crippen molar-refractivity contribution in [1.82, 2.24) is 16.0 Å². The highest BCUT2D eigenvalue weighted by Gasteiger charge is 2.38. The summed E-state index contributed by atoms with van der Waals surface area (Å²) in [7, 11) is 1.39. The van der Waals surface area contributed by atoms with Crippen molar-refractivity contribution in [1.29, 1.82) is 0 Å². The molecule has 0 aliphatic carbocycles. The van der Waals surface area contributed by atoms with E-state index in [9.17, 15) is 18.4 Å². The van der Waals surface area contributed by atoms with Gasteiger partial charge < -0.3 is 25.4 Å². The number of rotatable bonds is 9. The van der Waals surface area contributed by atoms with Crippen molar-refractivity contribution in [3.8, 4) is 11.5 Å². The van der Waals surface area contributed by atoms with Gasteiger partial charge >= 0.3 is 0 Å². The van der Waals surface area contributed by atoms with E-state index in [1.807, 2.05) is 0 Å². The average Bonchev–Trinajstić information content (AvgIpc) is 2.71. The van der Waals surface area contributed by atoms with E-state index in [1.54, 1.807) is 19.1 Å². The summed E-state index contributed by atoms with van der Waals surface area (Å²) in [5.41, 5.74) is -0.846. The molecule has 3 N–H and O–H groups in total. The number of halogens is 2. The molecule has 0 fully saturated rings. The molecule has 152 valence electrons. The summed E-state index contributed by atoms with van der Waals surface area (Å²) in [4.78, 5) is 28.4. The second kappa shape index (κ2) is 9.67. The van der Waals surface area contributed by atoms with Gasteiger partial charge in [-0.3, -0.25) is 14.6 Å². The number of nitrogens with zero attached hydrogens (tertiary/aromatic N) is 1. The van der Waals surface area contributed by atoms with Crippen molar-refractivity contribution < 1.29 is 27.8 Å². The molecule has 0 aromatic heterocycles. The van der Waals surface area contributed by atoms with Crippen LogP contribution in [0.2, 0.25) is 0 Å². The van der Waals surface area contributed by atoms with Gasteiger partial charge in [-0.2, -0.15) is 0 Å². The van der Waals surface area contributed by atoms with E-state index < -0.39 is 24.6 Å². The lowest BCUT2D eigenvalue weighted by atomic mass is 10.1. The van der Waals surface area contributed by atoms with Gasteiger partial charge in [0, 0.05) is 25.4 Å². The first-order valence-electron chi connectivity index (χ1n) is 8.54. The van der Waals surface area contributed by atoms with Crippen molar-refractivity contribution in [2.45, 2.75) is 32.0 Å². The number of nitrogens with one attached hydrogen (secondary N) is 3. The fourth-order valence-electron chi connectivity index (χ4n) is 2.38. The number of hydrogen-bond donors (Lipinski definition) is 3. The predicted octanol–water partition coefficient (Wildman–Crippen LogP) is 1.32. The Morgan fingerprint density at radius 3 is 2.71 bits per heavy atom. The molecule has 0 spiro atoms. The normalized spacial score (nSPS) is 17.8. The zero-order valence-electron chi connectivity index (χ0n) is 15.5. The molecule has 8 nitrogen and oxygen atoms in total. The Labute approximate surface area is 161 Å². The van der Waals surface area contributed by atoms with Crippen molar-refractivity contribution in [2.75, 3.05) is 13.7 Å². The molecular weight excluding hydrogens is 374 g/mol. The van der Waals surface area contributed by atoms with E-state index in [1.165, 1.54) is 31.8 Å². The van der Waals surface area contributed by atoms with Gasteiger partial charge in [0.2, 0.25) is 11.6 Å². The molecule has 1 aromatic carbocycles. The second-order valence-corrected chi connectivity index (χ2v) is 5.82. The lowest BCUT2D eigenvalue weighted by molar-refractivity contribution is -0.131. The fraction of sp³-hybridized carbons (Fsp3) is 0.389. The molecule has 0 radical (unpaired) electrons. The van der Waals surface area contributed by atoms with Crippen molar-refractivity contribution in [2.24, 2.45) is 4.99 Å². The van der Waals surface area contributed by atoms with Crippen molar-refractivity contribution >= 4 is 18.0 Å². The number of ether oxygens (including phenoxy) is 2. The first-order valence-corrected chi connectivity index (χ1v) is 8.54. The zero-order chi connectivity index (χ0) is 20.6. The van der Waals surface area contributed by atoms with Crippen LogP contribution in [0.15, 0.2) is 35.6 Å². The van der Waals surface area contributed by atoms with Gasteiger partial charge in [0.25, 0.3) is 12.3 Å². The second-order valence-electron chi connectivity index (χ2n) is 5.82. The van der Waals surface area contributed by atoms with Crippen LogP contribution in [0.4, 0.5) is 8.78 Å². The summed E-state index contributed by atoms with van der Waals surface area (Å²) in [6.45, 7) is 1.03. The third kappa shape index (κ3) is 5.41. The molecule has 0 saturated carbocycles. The average molecular weight is 396 g/mol. The summed E-state index contributed by atoms with van der Waals surface area (Å²) in [5.74, 6) is -0.400. The quantitative estimate of drug-likeness (QED) is 0.585. The van der Waals surface area contributed by atoms with Crippen LogP contribution in [0.1, 0.15) is 18.9 Å². The molecule has 2 rings (SSSR count). The highest BCUT2D eigenvalue weighted by molar-refractivity contribution is 6.06. The lowest BCUT2D eigenvalue weighted by Crippen LogP contribution is -2.67. The van der Waals surface area contributed by atoms with Crippen LogP contribution in [0.3, 0.4) is 0 Å². The summed E-state index contributed by atoms with van der Waals surface area (Å²) in [5, 5.41) is 8.10. The minimum absolute atomic E-state index is 0.104. The number of methoxy groups -OCH3 is 1. The van der Waals surface area contributed by atoms with Gasteiger partial charge in [-0.25, -0.2) is 8.78 Å². The number of benzene rings is 1. The minimum atomic E-state index is -2.60. The molecule has 1 aromatic rings. The van der Waals surface area contributed by atoms with E-state index in [-0.39, 0.29) is 30.4 Å². The molecule has 1 aliphatic rings. The zero-order valence-corrected chi connectivity index (χ0v) is 15.5. The third-order valence-electron chi connectivity index (χ3n) is 3.80. The molecule has 1 unspecified atom stereocenters. The number of amides is 2. The molecule has 1 heterocycles. The number of carbonyl (C=O) groups excluding carboxylic acids is 2. The van der Waals surface area contributed by atoms with Crippen LogP contribution in [0.5, 0.6) is 11.5 Å². The van der Waals surface area contributed by atoms with Gasteiger partial charge in [0.05, 0.1) is 13.3 Å². The van der Waals surface area contributed by atoms with Crippen LogP contribution in [0.25, 0.3) is 0 Å². The predicted molar refractivity (Wildman–Crippen MR) is 98.3 cm³/mol. The smallest absolute Gasteiger partial charge is 0.272 e. The van der Waals surface area contributed by atoms with Gasteiger partial charge in [-0.1, -0.05) is 13.0 Å². The molecule has 0 saturated heterocycles. The molecule has 0 bridgehead atoms. The lowest BCUT2D eigenvalue weighted by Gasteiger charge is -2.31. The number of aliphatic imine (C=N–C) groups is 1. The number of alkyl halides is 2. The Morgan fingerprint density at radius 1 is 1.32 bits per heavy atom. The van der Waals surface area contributed by atoms with Gasteiger partial charge in [0.1, 0.15) is 6.61 Å². The van der Waals surface area contributed by atoms with E-state index in [2.05, 4.69) is 20.9 Å². The molecule has 28 heavy (non-hydrogen) atoms. The van der Waals surface area contributed by atoms with E-state index in [4.69, 9.17) is 9.47 Å². The number of carbonyl (C=O) groups is 2. The Hall–Kier alpha value is -3.17. The van der Waals surface area contributed by atoms with Crippen molar-refractivity contribution in [3.05, 3.63) is 36.2 Å². The standard InChI is InChI=1S/C18H22F2N4O4/c1-3-16(25)24-18(11-21-6-7-23-18)17(26)22-9-12-4-5-13(14(8-12)27-2)28-10-15(19)20/h4-8,11,15,23H,3,9-10H2,1-2H3,(H,22,26)(H,24,25). The van der Waals surface area contributed by atoms with Gasteiger partial charge in [-0.05, 0) is 17.7 Å². The molecular formula is C18H22F2N4O4. The van der Waals surface area contributed by atoms with Gasteiger partial charge in [-0.15, -0.1) is 0 Å². The summed E-state index contributed by atoms with van der Waals surface area (Å²) in [6, 6.07) is 4.67. The van der Waals surface area contributed by atoms with Gasteiger partial charge in [0.15, 0.2) is 11.5 Å². The monoisotopic (exact) mass is 396 g/mol. The Kier molecular flexibility index (Phi) is 7.30. The Morgan fingerprint density at radius 2 is 2.11 bits per heavy atom. The van der Waals surface area contributed by atoms with Crippen LogP contribution < -0.4 is 25.4 Å². The maximum atomic E-state index is 12.7. The molecule has 1 atom stereocenters. The van der Waals surface area contributed by atoms with Crippen molar-refractivity contribution in [3.63, 3.8) is 0 Å². The summed E-state index contributed by atoms with van der Waals surface area (Å²) < 4.78 is 34.8. The van der Waals surface area contributed by atoms with E-state index >= 15 is 0 Å². The highest BCUT2D eigenvalue weighted by Crippen LogP contribution is 2.28. The molecule has 10 heteroatoms. The topological polar surface area (TPSA) is 101 Å². The maximum Gasteiger partial charge on any atom is 0.272 e. The number of hydrogen-bond acceptors (Lipinski definition) is 6. The first-order chi connectivity index (χ1) is 13.4. The van der Waals surface area contributed by atoms with E-state index in [0.29, 0.717) is 5.56 Å². The first kappa shape index (κ1) is 21.1. The molecule has 2 amide bonds. The molecule has 1 aliphatic heterocycles. The maximum absolute atomic E-state index is 12.7. The van der Waals surface area contributed by atoms with Crippen LogP contribution in [-0.4, -0.2) is 43.8 Å². The third-order valence-corrected chi connectivity index (χ3v) is 3.80. The summed E-state index contributed by atoms with van der Waals surface area (Å²) in [6.07, 6.45) is 1.81. The van der Waals surface area contributed by atoms with Crippen LogP contribution in [-0.2, 0) is 16.1 Å². The largest absolute Gasteiger partial charge is 0.493 e. The summed E-state index contributed by atoms with van der Waals surface area (Å²) >= 11 is 0. The highest BCUT2D eigenvalue weighted by atomic mass is 19.3. The Balaban J connectivity index is 2.07. The minimum Gasteiger partial charge on any atom is -0.493 e. The Bertz CT molecular complexity index is 770. The van der Waals surface area contributed by atoms with Crippen LogP contribution in [0, 0.1) is 0 Å². The fourth-order valence-corrected chi connectivity index (χ4v) is 2.38.